The second kappa shape index (κ2) is 7.63. The van der Waals surface area contributed by atoms with Gasteiger partial charge in [-0.25, -0.2) is 4.39 Å². The van der Waals surface area contributed by atoms with E-state index in [-0.39, 0.29) is 11.9 Å². The van der Waals surface area contributed by atoms with Gasteiger partial charge in [0.05, 0.1) is 0 Å². The van der Waals surface area contributed by atoms with Gasteiger partial charge in [0.1, 0.15) is 5.82 Å². The summed E-state index contributed by atoms with van der Waals surface area (Å²) >= 11 is 0. The Morgan fingerprint density at radius 2 is 1.85 bits per heavy atom. The summed E-state index contributed by atoms with van der Waals surface area (Å²) in [7, 11) is 2.06. The molecular formula is C17H29FN2. The molecule has 0 saturated carbocycles. The number of halogens is 1. The van der Waals surface area contributed by atoms with E-state index in [0.29, 0.717) is 12.0 Å². The molecule has 2 nitrogen and oxygen atoms in total. The summed E-state index contributed by atoms with van der Waals surface area (Å²) in [6, 6.07) is 5.77. The van der Waals surface area contributed by atoms with Crippen molar-refractivity contribution in [2.45, 2.75) is 53.1 Å². The molecule has 1 aromatic rings. The minimum absolute atomic E-state index is 0.0184. The molecular weight excluding hydrogens is 251 g/mol. The number of hydrogen-bond donors (Lipinski definition) is 1. The first-order valence-corrected chi connectivity index (χ1v) is 7.63. The molecule has 0 spiro atoms. The monoisotopic (exact) mass is 280 g/mol. The van der Waals surface area contributed by atoms with E-state index in [4.69, 9.17) is 0 Å². The van der Waals surface area contributed by atoms with Gasteiger partial charge in [0, 0.05) is 30.4 Å². The van der Waals surface area contributed by atoms with Gasteiger partial charge in [-0.3, -0.25) is 0 Å². The summed E-state index contributed by atoms with van der Waals surface area (Å²) in [5.74, 6) is 0.509. The first-order valence-electron chi connectivity index (χ1n) is 7.63. The van der Waals surface area contributed by atoms with E-state index in [9.17, 15) is 4.39 Å². The fourth-order valence-corrected chi connectivity index (χ4v) is 2.75. The lowest BCUT2D eigenvalue weighted by atomic mass is 10.00. The molecule has 114 valence electrons. The Morgan fingerprint density at radius 3 is 2.40 bits per heavy atom. The third kappa shape index (κ3) is 4.20. The molecule has 0 aliphatic heterocycles. The van der Waals surface area contributed by atoms with E-state index in [1.54, 1.807) is 12.1 Å². The molecule has 1 rings (SSSR count). The van der Waals surface area contributed by atoms with Crippen LogP contribution in [0.3, 0.4) is 0 Å². The van der Waals surface area contributed by atoms with Crippen LogP contribution in [0.25, 0.3) is 0 Å². The van der Waals surface area contributed by atoms with Gasteiger partial charge in [-0.2, -0.15) is 0 Å². The average molecular weight is 280 g/mol. The molecule has 1 N–H and O–H groups in total. The Labute approximate surface area is 123 Å². The molecule has 0 aromatic heterocycles. The van der Waals surface area contributed by atoms with E-state index in [1.807, 2.05) is 19.9 Å². The highest BCUT2D eigenvalue weighted by atomic mass is 19.1. The number of rotatable bonds is 7. The van der Waals surface area contributed by atoms with Crippen LogP contribution < -0.4 is 10.2 Å². The zero-order valence-electron chi connectivity index (χ0n) is 13.7. The van der Waals surface area contributed by atoms with Gasteiger partial charge in [-0.1, -0.05) is 26.8 Å². The highest BCUT2D eigenvalue weighted by Gasteiger charge is 2.20. The summed E-state index contributed by atoms with van der Waals surface area (Å²) in [4.78, 5) is 2.20. The van der Waals surface area contributed by atoms with Crippen molar-refractivity contribution in [1.29, 1.82) is 0 Å². The van der Waals surface area contributed by atoms with Crippen LogP contribution >= 0.6 is 0 Å². The second-order valence-corrected chi connectivity index (χ2v) is 6.04. The molecule has 0 heterocycles. The molecule has 2 unspecified atom stereocenters. The maximum absolute atomic E-state index is 14.2. The van der Waals surface area contributed by atoms with Crippen LogP contribution in [0.5, 0.6) is 0 Å². The van der Waals surface area contributed by atoms with Crippen LogP contribution in [0.2, 0.25) is 0 Å². The van der Waals surface area contributed by atoms with Crippen molar-refractivity contribution in [2.24, 2.45) is 5.92 Å². The van der Waals surface area contributed by atoms with E-state index in [2.05, 4.69) is 38.0 Å². The Morgan fingerprint density at radius 1 is 1.20 bits per heavy atom. The third-order valence-electron chi connectivity index (χ3n) is 3.83. The molecule has 2 atom stereocenters. The number of benzene rings is 1. The molecule has 0 fully saturated rings. The average Bonchev–Trinajstić information content (AvgIpc) is 2.36. The fraction of sp³-hybridized carbons (Fsp3) is 0.647. The van der Waals surface area contributed by atoms with Gasteiger partial charge in [-0.05, 0) is 44.9 Å². The zero-order chi connectivity index (χ0) is 15.3. The van der Waals surface area contributed by atoms with Crippen molar-refractivity contribution in [3.8, 4) is 0 Å². The zero-order valence-corrected chi connectivity index (χ0v) is 13.7. The molecule has 0 amide bonds. The molecule has 0 aliphatic carbocycles. The lowest BCUT2D eigenvalue weighted by Gasteiger charge is -2.32. The Kier molecular flexibility index (Phi) is 6.47. The maximum atomic E-state index is 14.2. The van der Waals surface area contributed by atoms with Crippen molar-refractivity contribution < 1.29 is 4.39 Å². The topological polar surface area (TPSA) is 15.3 Å². The minimum Gasteiger partial charge on any atom is -0.372 e. The highest BCUT2D eigenvalue weighted by molar-refractivity contribution is 5.55. The van der Waals surface area contributed by atoms with Crippen LogP contribution in [-0.2, 0) is 0 Å². The van der Waals surface area contributed by atoms with Crippen LogP contribution in [-0.4, -0.2) is 19.6 Å². The van der Waals surface area contributed by atoms with Gasteiger partial charge < -0.3 is 10.2 Å². The minimum atomic E-state index is -0.125. The highest BCUT2D eigenvalue weighted by Crippen LogP contribution is 2.30. The normalized spacial score (nSPS) is 14.4. The summed E-state index contributed by atoms with van der Waals surface area (Å²) in [5, 5.41) is 3.31. The van der Waals surface area contributed by atoms with Gasteiger partial charge in [0.25, 0.3) is 0 Å². The predicted octanol–water partition coefficient (Wildman–Crippen LogP) is 4.37. The largest absolute Gasteiger partial charge is 0.372 e. The van der Waals surface area contributed by atoms with E-state index < -0.39 is 0 Å². The summed E-state index contributed by atoms with van der Waals surface area (Å²) in [5.41, 5.74) is 1.76. The van der Waals surface area contributed by atoms with E-state index >= 15 is 0 Å². The van der Waals surface area contributed by atoms with Crippen molar-refractivity contribution >= 4 is 5.69 Å². The molecule has 0 radical (unpaired) electrons. The number of nitrogens with one attached hydrogen (secondary N) is 1. The van der Waals surface area contributed by atoms with E-state index in [0.717, 1.165) is 24.2 Å². The number of hydrogen-bond acceptors (Lipinski definition) is 2. The SMILES string of the molecule is CCNC(C)c1c(F)cccc1N(C)C(C)CC(C)C. The van der Waals surface area contributed by atoms with Crippen LogP contribution in [0.4, 0.5) is 10.1 Å². The Balaban J connectivity index is 3.07. The van der Waals surface area contributed by atoms with E-state index in [1.165, 1.54) is 0 Å². The standard InChI is InChI=1S/C17H29FN2/c1-7-19-14(5)17-15(18)9-8-10-16(17)20(6)13(4)11-12(2)3/h8-10,12-14,19H,7,11H2,1-6H3. The third-order valence-corrected chi connectivity index (χ3v) is 3.83. The van der Waals surface area contributed by atoms with Gasteiger partial charge in [-0.15, -0.1) is 0 Å². The first kappa shape index (κ1) is 17.0. The van der Waals surface area contributed by atoms with Crippen molar-refractivity contribution in [2.75, 3.05) is 18.5 Å². The van der Waals surface area contributed by atoms with Gasteiger partial charge in [0.2, 0.25) is 0 Å². The molecule has 0 bridgehead atoms. The number of anilines is 1. The Hall–Kier alpha value is -1.09. The lowest BCUT2D eigenvalue weighted by Crippen LogP contribution is -2.32. The Bertz CT molecular complexity index is 417. The number of nitrogens with zero attached hydrogens (tertiary/aromatic N) is 1. The molecule has 0 aliphatic rings. The summed E-state index contributed by atoms with van der Waals surface area (Å²) < 4.78 is 14.2. The molecule has 3 heteroatoms. The summed E-state index contributed by atoms with van der Waals surface area (Å²) in [6.45, 7) is 11.5. The maximum Gasteiger partial charge on any atom is 0.130 e. The van der Waals surface area contributed by atoms with Crippen LogP contribution in [0.15, 0.2) is 18.2 Å². The van der Waals surface area contributed by atoms with Crippen LogP contribution in [0.1, 0.15) is 52.6 Å². The fourth-order valence-electron chi connectivity index (χ4n) is 2.75. The second-order valence-electron chi connectivity index (χ2n) is 6.04. The molecule has 0 saturated heterocycles. The predicted molar refractivity (Wildman–Crippen MR) is 85.8 cm³/mol. The molecule has 1 aromatic carbocycles. The summed E-state index contributed by atoms with van der Waals surface area (Å²) in [6.07, 6.45) is 1.10. The molecule has 20 heavy (non-hydrogen) atoms. The quantitative estimate of drug-likeness (QED) is 0.798. The van der Waals surface area contributed by atoms with Crippen LogP contribution in [0, 0.1) is 11.7 Å². The van der Waals surface area contributed by atoms with Crippen molar-refractivity contribution in [3.05, 3.63) is 29.6 Å². The first-order chi connectivity index (χ1) is 9.38. The van der Waals surface area contributed by atoms with Gasteiger partial charge >= 0.3 is 0 Å². The van der Waals surface area contributed by atoms with Crippen molar-refractivity contribution in [1.82, 2.24) is 5.32 Å². The lowest BCUT2D eigenvalue weighted by molar-refractivity contribution is 0.497. The van der Waals surface area contributed by atoms with Crippen molar-refractivity contribution in [3.63, 3.8) is 0 Å². The van der Waals surface area contributed by atoms with Gasteiger partial charge in [0.15, 0.2) is 0 Å². The smallest absolute Gasteiger partial charge is 0.130 e.